The van der Waals surface area contributed by atoms with E-state index >= 15 is 0 Å². The first-order chi connectivity index (χ1) is 9.63. The van der Waals surface area contributed by atoms with Crippen molar-refractivity contribution >= 4 is 11.7 Å². The van der Waals surface area contributed by atoms with E-state index in [1.807, 2.05) is 6.07 Å². The van der Waals surface area contributed by atoms with Crippen molar-refractivity contribution in [3.05, 3.63) is 29.7 Å². The lowest BCUT2D eigenvalue weighted by atomic mass is 10.2. The molecular formula is C14H19N5O. The largest absolute Gasteiger partial charge is 0.305 e. The summed E-state index contributed by atoms with van der Waals surface area (Å²) in [7, 11) is 0. The van der Waals surface area contributed by atoms with Gasteiger partial charge in [-0.25, -0.2) is 4.68 Å². The third kappa shape index (κ3) is 2.74. The van der Waals surface area contributed by atoms with E-state index in [4.69, 9.17) is 0 Å². The molecule has 1 amide bonds. The summed E-state index contributed by atoms with van der Waals surface area (Å²) in [6.45, 7) is 5.00. The maximum absolute atomic E-state index is 12.2. The van der Waals surface area contributed by atoms with Crippen LogP contribution in [-0.2, 0) is 6.54 Å². The Balaban J connectivity index is 1.70. The molecule has 0 bridgehead atoms. The third-order valence-electron chi connectivity index (χ3n) is 3.34. The molecule has 2 aromatic rings. The third-order valence-corrected chi connectivity index (χ3v) is 3.34. The lowest BCUT2D eigenvalue weighted by Crippen LogP contribution is -2.17. The highest BCUT2D eigenvalue weighted by Crippen LogP contribution is 2.39. The Kier molecular flexibility index (Phi) is 3.30. The molecule has 1 aliphatic rings. The molecule has 3 rings (SSSR count). The highest BCUT2D eigenvalue weighted by molar-refractivity contribution is 6.02. The van der Waals surface area contributed by atoms with Gasteiger partial charge in [-0.3, -0.25) is 9.89 Å². The fourth-order valence-electron chi connectivity index (χ4n) is 2.17. The fraction of sp³-hybridized carbons (Fsp3) is 0.500. The van der Waals surface area contributed by atoms with E-state index in [2.05, 4.69) is 34.5 Å². The standard InChI is InChI=1S/C14H19N5O/c1-9(2)8-19-13(5-6-15-19)16-14(20)12-7-11(17-18-12)10-3-4-10/h5-7,9-10H,3-4,8H2,1-2H3,(H,16,20)(H,17,18). The number of nitrogens with one attached hydrogen (secondary N) is 2. The van der Waals surface area contributed by atoms with Crippen molar-refractivity contribution in [1.29, 1.82) is 0 Å². The molecule has 2 N–H and O–H groups in total. The number of hydrogen-bond donors (Lipinski definition) is 2. The van der Waals surface area contributed by atoms with Gasteiger partial charge < -0.3 is 5.32 Å². The molecule has 0 radical (unpaired) electrons. The molecule has 0 atom stereocenters. The van der Waals surface area contributed by atoms with E-state index in [-0.39, 0.29) is 5.91 Å². The van der Waals surface area contributed by atoms with Gasteiger partial charge in [0.2, 0.25) is 0 Å². The molecule has 6 heteroatoms. The average Bonchev–Trinajstić information content (AvgIpc) is 2.97. The smallest absolute Gasteiger partial charge is 0.277 e. The van der Waals surface area contributed by atoms with Gasteiger partial charge in [-0.2, -0.15) is 10.2 Å². The van der Waals surface area contributed by atoms with Gasteiger partial charge in [0, 0.05) is 24.2 Å². The monoisotopic (exact) mass is 273 g/mol. The normalized spacial score (nSPS) is 14.8. The molecule has 6 nitrogen and oxygen atoms in total. The second-order valence-corrected chi connectivity index (χ2v) is 5.73. The minimum atomic E-state index is -0.196. The molecule has 2 heterocycles. The van der Waals surface area contributed by atoms with Crippen molar-refractivity contribution in [2.45, 2.75) is 39.2 Å². The summed E-state index contributed by atoms with van der Waals surface area (Å²) < 4.78 is 1.80. The van der Waals surface area contributed by atoms with Crippen LogP contribution < -0.4 is 5.32 Å². The van der Waals surface area contributed by atoms with Gasteiger partial charge in [0.15, 0.2) is 5.69 Å². The van der Waals surface area contributed by atoms with Gasteiger partial charge >= 0.3 is 0 Å². The summed E-state index contributed by atoms with van der Waals surface area (Å²) in [5, 5.41) is 14.1. The van der Waals surface area contributed by atoms with Crippen LogP contribution in [0.15, 0.2) is 18.3 Å². The van der Waals surface area contributed by atoms with Crippen LogP contribution in [0.25, 0.3) is 0 Å². The first kappa shape index (κ1) is 12.9. The molecule has 0 aliphatic heterocycles. The second-order valence-electron chi connectivity index (χ2n) is 5.73. The van der Waals surface area contributed by atoms with E-state index in [0.717, 1.165) is 12.2 Å². The average molecular weight is 273 g/mol. The summed E-state index contributed by atoms with van der Waals surface area (Å²) >= 11 is 0. The Morgan fingerprint density at radius 2 is 2.35 bits per heavy atom. The summed E-state index contributed by atoms with van der Waals surface area (Å²) in [5.41, 5.74) is 1.50. The van der Waals surface area contributed by atoms with Gasteiger partial charge in [-0.1, -0.05) is 13.8 Å². The first-order valence-corrected chi connectivity index (χ1v) is 7.02. The number of rotatable bonds is 5. The molecular weight excluding hydrogens is 254 g/mol. The number of anilines is 1. The van der Waals surface area contributed by atoms with Gasteiger partial charge in [-0.15, -0.1) is 0 Å². The molecule has 2 aromatic heterocycles. The molecule has 20 heavy (non-hydrogen) atoms. The molecule has 1 saturated carbocycles. The van der Waals surface area contributed by atoms with Crippen molar-refractivity contribution in [1.82, 2.24) is 20.0 Å². The maximum Gasteiger partial charge on any atom is 0.277 e. The van der Waals surface area contributed by atoms with Crippen molar-refractivity contribution in [2.75, 3.05) is 5.32 Å². The van der Waals surface area contributed by atoms with Crippen LogP contribution in [0.5, 0.6) is 0 Å². The molecule has 0 saturated heterocycles. The minimum absolute atomic E-state index is 0.196. The number of aromatic nitrogens is 4. The van der Waals surface area contributed by atoms with Gasteiger partial charge in [0.05, 0.1) is 6.20 Å². The number of nitrogens with zero attached hydrogens (tertiary/aromatic N) is 3. The number of aromatic amines is 1. The predicted molar refractivity (Wildman–Crippen MR) is 75.6 cm³/mol. The summed E-state index contributed by atoms with van der Waals surface area (Å²) in [4.78, 5) is 12.2. The number of amides is 1. The topological polar surface area (TPSA) is 75.6 Å². The summed E-state index contributed by atoms with van der Waals surface area (Å²) in [6.07, 6.45) is 4.06. The van der Waals surface area contributed by atoms with Crippen molar-refractivity contribution in [2.24, 2.45) is 5.92 Å². The van der Waals surface area contributed by atoms with Gasteiger partial charge in [0.1, 0.15) is 5.82 Å². The van der Waals surface area contributed by atoms with Crippen molar-refractivity contribution < 1.29 is 4.79 Å². The van der Waals surface area contributed by atoms with Crippen molar-refractivity contribution in [3.8, 4) is 0 Å². The Labute approximate surface area is 117 Å². The Bertz CT molecular complexity index is 609. The van der Waals surface area contributed by atoms with E-state index in [1.165, 1.54) is 12.8 Å². The quantitative estimate of drug-likeness (QED) is 0.878. The van der Waals surface area contributed by atoms with E-state index < -0.39 is 0 Å². The highest BCUT2D eigenvalue weighted by atomic mass is 16.2. The van der Waals surface area contributed by atoms with Crippen LogP contribution in [0.3, 0.4) is 0 Å². The highest BCUT2D eigenvalue weighted by Gasteiger charge is 2.26. The Morgan fingerprint density at radius 3 is 3.05 bits per heavy atom. The summed E-state index contributed by atoms with van der Waals surface area (Å²) in [5.74, 6) is 1.55. The van der Waals surface area contributed by atoms with Gasteiger partial charge in [-0.05, 0) is 24.8 Å². The lowest BCUT2D eigenvalue weighted by molar-refractivity contribution is 0.102. The molecule has 0 spiro atoms. The predicted octanol–water partition coefficient (Wildman–Crippen LogP) is 2.39. The van der Waals surface area contributed by atoms with Crippen LogP contribution in [0.4, 0.5) is 5.82 Å². The zero-order valence-electron chi connectivity index (χ0n) is 11.8. The van der Waals surface area contributed by atoms with E-state index in [9.17, 15) is 4.79 Å². The van der Waals surface area contributed by atoms with Crippen LogP contribution in [0.2, 0.25) is 0 Å². The second kappa shape index (κ2) is 5.11. The van der Waals surface area contributed by atoms with Gasteiger partial charge in [0.25, 0.3) is 5.91 Å². The van der Waals surface area contributed by atoms with E-state index in [0.29, 0.717) is 23.3 Å². The number of hydrogen-bond acceptors (Lipinski definition) is 3. The molecule has 106 valence electrons. The Hall–Kier alpha value is -2.11. The zero-order valence-corrected chi connectivity index (χ0v) is 11.8. The molecule has 1 aliphatic carbocycles. The summed E-state index contributed by atoms with van der Waals surface area (Å²) in [6, 6.07) is 3.64. The van der Waals surface area contributed by atoms with E-state index in [1.54, 1.807) is 16.9 Å². The maximum atomic E-state index is 12.2. The molecule has 1 fully saturated rings. The number of H-pyrrole nitrogens is 1. The van der Waals surface area contributed by atoms with Crippen LogP contribution >= 0.6 is 0 Å². The number of carbonyl (C=O) groups is 1. The zero-order chi connectivity index (χ0) is 14.1. The molecule has 0 aromatic carbocycles. The van der Waals surface area contributed by atoms with Crippen LogP contribution in [-0.4, -0.2) is 25.9 Å². The van der Waals surface area contributed by atoms with Crippen LogP contribution in [0.1, 0.15) is 48.8 Å². The lowest BCUT2D eigenvalue weighted by Gasteiger charge is -2.09. The van der Waals surface area contributed by atoms with Crippen molar-refractivity contribution in [3.63, 3.8) is 0 Å². The SMILES string of the molecule is CC(C)Cn1nccc1NC(=O)c1cc(C2CC2)[nH]n1. The first-order valence-electron chi connectivity index (χ1n) is 7.02. The fourth-order valence-corrected chi connectivity index (χ4v) is 2.17. The number of carbonyl (C=O) groups excluding carboxylic acids is 1. The molecule has 0 unspecified atom stereocenters. The van der Waals surface area contributed by atoms with Crippen LogP contribution in [0, 0.1) is 5.92 Å². The Morgan fingerprint density at radius 1 is 1.55 bits per heavy atom. The minimum Gasteiger partial charge on any atom is -0.305 e.